The van der Waals surface area contributed by atoms with Crippen LogP contribution in [0.2, 0.25) is 0 Å². The highest BCUT2D eigenvalue weighted by Crippen LogP contribution is 2.28. The summed E-state index contributed by atoms with van der Waals surface area (Å²) in [5.74, 6) is 1.40. The van der Waals surface area contributed by atoms with E-state index in [2.05, 4.69) is 0 Å². The van der Waals surface area contributed by atoms with Gasteiger partial charge in [-0.2, -0.15) is 0 Å². The summed E-state index contributed by atoms with van der Waals surface area (Å²) in [5, 5.41) is 0. The van der Waals surface area contributed by atoms with Crippen molar-refractivity contribution in [2.24, 2.45) is 5.73 Å². The van der Waals surface area contributed by atoms with Crippen molar-refractivity contribution >= 4 is 0 Å². The zero-order valence-electron chi connectivity index (χ0n) is 14.7. The van der Waals surface area contributed by atoms with Gasteiger partial charge < -0.3 is 34.2 Å². The molecular weight excluding hydrogens is 326 g/mol. The van der Waals surface area contributed by atoms with Crippen LogP contribution in [0.15, 0.2) is 18.2 Å². The van der Waals surface area contributed by atoms with E-state index in [0.29, 0.717) is 84.1 Å². The maximum Gasteiger partial charge on any atom is 0.161 e. The molecule has 0 amide bonds. The van der Waals surface area contributed by atoms with Gasteiger partial charge >= 0.3 is 0 Å². The molecule has 25 heavy (non-hydrogen) atoms. The molecule has 0 saturated carbocycles. The molecule has 142 valence electrons. The summed E-state index contributed by atoms with van der Waals surface area (Å²) in [6.07, 6.45) is 0.799. The van der Waals surface area contributed by atoms with E-state index in [0.717, 1.165) is 12.0 Å². The largest absolute Gasteiger partial charge is 0.487 e. The molecule has 0 saturated heterocycles. The van der Waals surface area contributed by atoms with E-state index < -0.39 is 0 Å². The van der Waals surface area contributed by atoms with Crippen LogP contribution in [0.3, 0.4) is 0 Å². The number of hydrogen-bond donors (Lipinski definition) is 1. The minimum atomic E-state index is 0.446. The third kappa shape index (κ3) is 8.51. The van der Waals surface area contributed by atoms with Gasteiger partial charge in [-0.15, -0.1) is 0 Å². The van der Waals surface area contributed by atoms with Crippen molar-refractivity contribution in [2.45, 2.75) is 6.42 Å². The van der Waals surface area contributed by atoms with Crippen LogP contribution in [0.5, 0.6) is 11.5 Å². The summed E-state index contributed by atoms with van der Waals surface area (Å²) >= 11 is 0. The van der Waals surface area contributed by atoms with Crippen LogP contribution in [-0.4, -0.2) is 72.6 Å². The van der Waals surface area contributed by atoms with Gasteiger partial charge in [-0.1, -0.05) is 6.07 Å². The van der Waals surface area contributed by atoms with E-state index in [1.165, 1.54) is 0 Å². The van der Waals surface area contributed by atoms with Gasteiger partial charge in [-0.05, 0) is 30.7 Å². The van der Waals surface area contributed by atoms with Gasteiger partial charge in [0.15, 0.2) is 11.5 Å². The Morgan fingerprint density at radius 1 is 0.640 bits per heavy atom. The summed E-state index contributed by atoms with van der Waals surface area (Å²) in [6, 6.07) is 5.89. The molecule has 1 aliphatic heterocycles. The van der Waals surface area contributed by atoms with Gasteiger partial charge in [0, 0.05) is 0 Å². The normalized spacial score (nSPS) is 18.9. The second kappa shape index (κ2) is 12.9. The maximum absolute atomic E-state index is 5.83. The first-order chi connectivity index (χ1) is 12.4. The highest BCUT2D eigenvalue weighted by molar-refractivity contribution is 5.43. The molecule has 7 nitrogen and oxygen atoms in total. The first kappa shape index (κ1) is 19.9. The molecule has 1 heterocycles. The Balaban J connectivity index is 1.89. The third-order valence-electron chi connectivity index (χ3n) is 3.53. The van der Waals surface area contributed by atoms with Crippen molar-refractivity contribution < 1.29 is 28.4 Å². The average molecular weight is 355 g/mol. The summed E-state index contributed by atoms with van der Waals surface area (Å²) in [6.45, 7) is 5.74. The lowest BCUT2D eigenvalue weighted by Crippen LogP contribution is -2.16. The zero-order chi connectivity index (χ0) is 17.6. The third-order valence-corrected chi connectivity index (χ3v) is 3.53. The zero-order valence-corrected chi connectivity index (χ0v) is 14.7. The molecule has 0 unspecified atom stereocenters. The average Bonchev–Trinajstić information content (AvgIpc) is 2.62. The number of hydrogen-bond acceptors (Lipinski definition) is 7. The van der Waals surface area contributed by atoms with Crippen molar-refractivity contribution in [1.29, 1.82) is 0 Å². The Morgan fingerprint density at radius 2 is 1.12 bits per heavy atom. The quantitative estimate of drug-likeness (QED) is 0.848. The second-order valence-corrected chi connectivity index (χ2v) is 5.47. The number of nitrogens with two attached hydrogens (primary N) is 1. The Bertz CT molecular complexity index is 471. The summed E-state index contributed by atoms with van der Waals surface area (Å²) in [4.78, 5) is 0. The smallest absolute Gasteiger partial charge is 0.161 e. The van der Waals surface area contributed by atoms with Crippen molar-refractivity contribution in [3.63, 3.8) is 0 Å². The summed E-state index contributed by atoms with van der Waals surface area (Å²) in [5.41, 5.74) is 6.75. The fourth-order valence-electron chi connectivity index (χ4n) is 2.29. The van der Waals surface area contributed by atoms with Gasteiger partial charge in [0.05, 0.1) is 52.9 Å². The molecule has 7 heteroatoms. The molecule has 1 aromatic rings. The topological polar surface area (TPSA) is 81.4 Å². The van der Waals surface area contributed by atoms with Crippen molar-refractivity contribution in [1.82, 2.24) is 0 Å². The molecule has 0 fully saturated rings. The lowest BCUT2D eigenvalue weighted by atomic mass is 10.1. The van der Waals surface area contributed by atoms with Gasteiger partial charge in [-0.25, -0.2) is 0 Å². The van der Waals surface area contributed by atoms with Gasteiger partial charge in [0.1, 0.15) is 13.2 Å². The lowest BCUT2D eigenvalue weighted by Gasteiger charge is -2.15. The van der Waals surface area contributed by atoms with Gasteiger partial charge in [0.2, 0.25) is 0 Å². The van der Waals surface area contributed by atoms with Gasteiger partial charge in [0.25, 0.3) is 0 Å². The molecule has 2 N–H and O–H groups in total. The number of fused-ring (bicyclic) bond motifs is 1. The SMILES string of the molecule is NCCc1ccc2c(c1)OCCOCCOCCOCCOCCO2. The fourth-order valence-corrected chi connectivity index (χ4v) is 2.29. The predicted octanol–water partition coefficient (Wildman–Crippen LogP) is 1.03. The molecule has 0 bridgehead atoms. The number of rotatable bonds is 2. The molecule has 2 rings (SSSR count). The first-order valence-electron chi connectivity index (χ1n) is 8.79. The van der Waals surface area contributed by atoms with Crippen LogP contribution in [0.4, 0.5) is 0 Å². The van der Waals surface area contributed by atoms with Crippen LogP contribution >= 0.6 is 0 Å². The predicted molar refractivity (Wildman–Crippen MR) is 93.5 cm³/mol. The standard InChI is InChI=1S/C18H29NO6/c19-4-3-16-1-2-17-18(15-16)25-14-12-23-10-8-21-6-5-20-7-9-22-11-13-24-17/h1-2,15H,3-14,19H2. The molecule has 1 aliphatic rings. The maximum atomic E-state index is 5.83. The minimum Gasteiger partial charge on any atom is -0.487 e. The van der Waals surface area contributed by atoms with E-state index in [1.54, 1.807) is 0 Å². The molecule has 0 aliphatic carbocycles. The van der Waals surface area contributed by atoms with E-state index in [1.807, 2.05) is 18.2 Å². The van der Waals surface area contributed by atoms with Crippen LogP contribution in [-0.2, 0) is 25.4 Å². The van der Waals surface area contributed by atoms with Crippen molar-refractivity contribution in [3.8, 4) is 11.5 Å². The van der Waals surface area contributed by atoms with Gasteiger partial charge in [-0.3, -0.25) is 0 Å². The molecule has 0 atom stereocenters. The Kier molecular flexibility index (Phi) is 10.3. The van der Waals surface area contributed by atoms with Crippen LogP contribution in [0, 0.1) is 0 Å². The highest BCUT2D eigenvalue weighted by Gasteiger charge is 2.07. The number of ether oxygens (including phenoxy) is 6. The molecule has 0 radical (unpaired) electrons. The van der Waals surface area contributed by atoms with Crippen LogP contribution in [0.25, 0.3) is 0 Å². The molecule has 1 aromatic carbocycles. The van der Waals surface area contributed by atoms with E-state index in [-0.39, 0.29) is 0 Å². The Labute approximate surface area is 149 Å². The molecular formula is C18H29NO6. The van der Waals surface area contributed by atoms with Crippen molar-refractivity contribution in [2.75, 3.05) is 72.6 Å². The minimum absolute atomic E-state index is 0.446. The fraction of sp³-hybridized carbons (Fsp3) is 0.667. The summed E-state index contributed by atoms with van der Waals surface area (Å²) < 4.78 is 33.4. The first-order valence-corrected chi connectivity index (χ1v) is 8.79. The lowest BCUT2D eigenvalue weighted by molar-refractivity contribution is -0.00842. The number of benzene rings is 1. The van der Waals surface area contributed by atoms with Crippen LogP contribution < -0.4 is 15.2 Å². The van der Waals surface area contributed by atoms with E-state index in [9.17, 15) is 0 Å². The monoisotopic (exact) mass is 355 g/mol. The Morgan fingerprint density at radius 3 is 1.64 bits per heavy atom. The van der Waals surface area contributed by atoms with Crippen molar-refractivity contribution in [3.05, 3.63) is 23.8 Å². The van der Waals surface area contributed by atoms with E-state index >= 15 is 0 Å². The second-order valence-electron chi connectivity index (χ2n) is 5.47. The summed E-state index contributed by atoms with van der Waals surface area (Å²) in [7, 11) is 0. The molecule has 0 aromatic heterocycles. The molecule has 0 spiro atoms. The highest BCUT2D eigenvalue weighted by atomic mass is 16.6. The van der Waals surface area contributed by atoms with E-state index in [4.69, 9.17) is 34.2 Å². The van der Waals surface area contributed by atoms with Crippen LogP contribution in [0.1, 0.15) is 5.56 Å². The Hall–Kier alpha value is -1.38.